The predicted molar refractivity (Wildman–Crippen MR) is 56.6 cm³/mol. The Morgan fingerprint density at radius 3 is 3.20 bits per heavy atom. The van der Waals surface area contributed by atoms with E-state index in [1.165, 1.54) is 13.0 Å². The first-order chi connectivity index (χ1) is 7.28. The van der Waals surface area contributed by atoms with E-state index in [4.69, 9.17) is 9.52 Å². The van der Waals surface area contributed by atoms with Crippen molar-refractivity contribution in [3.05, 3.63) is 17.8 Å². The van der Waals surface area contributed by atoms with E-state index in [9.17, 15) is 0 Å². The van der Waals surface area contributed by atoms with Crippen LogP contribution >= 0.6 is 0 Å². The molecule has 2 rings (SSSR count). The lowest BCUT2D eigenvalue weighted by Crippen LogP contribution is -2.15. The van der Waals surface area contributed by atoms with Crippen molar-refractivity contribution in [3.63, 3.8) is 0 Å². The molecule has 0 spiro atoms. The summed E-state index contributed by atoms with van der Waals surface area (Å²) in [5.74, 6) is 2.29. The van der Waals surface area contributed by atoms with Crippen LogP contribution in [0.4, 0.5) is 0 Å². The topological polar surface area (TPSA) is 49.5 Å². The molecule has 4 nitrogen and oxygen atoms in total. The third kappa shape index (κ3) is 2.79. The average Bonchev–Trinajstić information content (AvgIpc) is 2.78. The average molecular weight is 210 g/mol. The van der Waals surface area contributed by atoms with Crippen molar-refractivity contribution < 1.29 is 9.52 Å². The molecule has 1 aromatic rings. The van der Waals surface area contributed by atoms with Gasteiger partial charge < -0.3 is 14.4 Å². The summed E-state index contributed by atoms with van der Waals surface area (Å²) in [7, 11) is 2.15. The second-order valence-electron chi connectivity index (χ2n) is 4.31. The van der Waals surface area contributed by atoms with Crippen molar-refractivity contribution >= 4 is 0 Å². The van der Waals surface area contributed by atoms with Gasteiger partial charge >= 0.3 is 0 Å². The molecule has 0 saturated carbocycles. The van der Waals surface area contributed by atoms with Gasteiger partial charge in [0.15, 0.2) is 5.89 Å². The van der Waals surface area contributed by atoms with Crippen molar-refractivity contribution in [2.75, 3.05) is 26.7 Å². The minimum absolute atomic E-state index is 0.126. The van der Waals surface area contributed by atoms with Gasteiger partial charge in [0.2, 0.25) is 0 Å². The molecule has 0 aliphatic carbocycles. The normalized spacial score (nSPS) is 22.4. The summed E-state index contributed by atoms with van der Waals surface area (Å²) in [5, 5.41) is 8.75. The molecular weight excluding hydrogens is 192 g/mol. The zero-order valence-corrected chi connectivity index (χ0v) is 9.15. The highest BCUT2D eigenvalue weighted by atomic mass is 16.4. The summed E-state index contributed by atoms with van der Waals surface area (Å²) >= 11 is 0. The van der Waals surface area contributed by atoms with E-state index in [-0.39, 0.29) is 6.61 Å². The standard InChI is InChI=1S/C11H18N2O2/c1-13-4-2-9(8-13)6-11-12-7-10(15-11)3-5-14/h7,9,14H,2-6,8H2,1H3. The van der Waals surface area contributed by atoms with Gasteiger partial charge in [-0.15, -0.1) is 0 Å². The Labute approximate surface area is 89.9 Å². The van der Waals surface area contributed by atoms with Crippen LogP contribution in [0, 0.1) is 5.92 Å². The molecule has 4 heteroatoms. The monoisotopic (exact) mass is 210 g/mol. The molecule has 0 amide bonds. The lowest BCUT2D eigenvalue weighted by Gasteiger charge is -2.07. The first-order valence-corrected chi connectivity index (χ1v) is 5.51. The smallest absolute Gasteiger partial charge is 0.194 e. The first-order valence-electron chi connectivity index (χ1n) is 5.51. The Kier molecular flexibility index (Phi) is 3.38. The van der Waals surface area contributed by atoms with Gasteiger partial charge in [-0.1, -0.05) is 0 Å². The molecule has 1 N–H and O–H groups in total. The Hall–Kier alpha value is -0.870. The first kappa shape index (κ1) is 10.6. The van der Waals surface area contributed by atoms with Gasteiger partial charge in [-0.3, -0.25) is 0 Å². The second-order valence-corrected chi connectivity index (χ2v) is 4.31. The van der Waals surface area contributed by atoms with Gasteiger partial charge in [-0.25, -0.2) is 4.98 Å². The third-order valence-corrected chi connectivity index (χ3v) is 2.91. The number of aromatic nitrogens is 1. The van der Waals surface area contributed by atoms with E-state index >= 15 is 0 Å². The molecule has 1 saturated heterocycles. The zero-order valence-electron chi connectivity index (χ0n) is 9.15. The van der Waals surface area contributed by atoms with Crippen LogP contribution in [0.5, 0.6) is 0 Å². The maximum absolute atomic E-state index is 8.75. The van der Waals surface area contributed by atoms with Gasteiger partial charge in [-0.05, 0) is 25.9 Å². The van der Waals surface area contributed by atoms with Crippen LogP contribution in [0.3, 0.4) is 0 Å². The van der Waals surface area contributed by atoms with Crippen LogP contribution < -0.4 is 0 Å². The summed E-state index contributed by atoms with van der Waals surface area (Å²) in [6.07, 6.45) is 4.45. The van der Waals surface area contributed by atoms with Crippen LogP contribution in [-0.2, 0) is 12.8 Å². The molecule has 1 unspecified atom stereocenters. The number of nitrogens with zero attached hydrogens (tertiary/aromatic N) is 2. The summed E-state index contributed by atoms with van der Waals surface area (Å²) in [4.78, 5) is 6.56. The highest BCUT2D eigenvalue weighted by Gasteiger charge is 2.21. The van der Waals surface area contributed by atoms with Gasteiger partial charge in [0.25, 0.3) is 0 Å². The highest BCUT2D eigenvalue weighted by Crippen LogP contribution is 2.19. The van der Waals surface area contributed by atoms with Crippen molar-refractivity contribution in [1.82, 2.24) is 9.88 Å². The van der Waals surface area contributed by atoms with Gasteiger partial charge in [0, 0.05) is 19.4 Å². The molecule has 1 fully saturated rings. The molecular formula is C11H18N2O2. The maximum Gasteiger partial charge on any atom is 0.194 e. The van der Waals surface area contributed by atoms with E-state index in [1.807, 2.05) is 0 Å². The van der Waals surface area contributed by atoms with Gasteiger partial charge in [-0.2, -0.15) is 0 Å². The number of hydrogen-bond acceptors (Lipinski definition) is 4. The van der Waals surface area contributed by atoms with E-state index in [0.29, 0.717) is 12.3 Å². The van der Waals surface area contributed by atoms with Gasteiger partial charge in [0.1, 0.15) is 5.76 Å². The quantitative estimate of drug-likeness (QED) is 0.795. The summed E-state index contributed by atoms with van der Waals surface area (Å²) in [6, 6.07) is 0. The number of rotatable bonds is 4. The number of hydrogen-bond donors (Lipinski definition) is 1. The number of aliphatic hydroxyl groups excluding tert-OH is 1. The molecule has 0 radical (unpaired) electrons. The van der Waals surface area contributed by atoms with Crippen LogP contribution in [-0.4, -0.2) is 41.7 Å². The molecule has 1 aliphatic heterocycles. The van der Waals surface area contributed by atoms with Crippen molar-refractivity contribution in [2.24, 2.45) is 5.92 Å². The molecule has 0 aromatic carbocycles. The molecule has 2 heterocycles. The van der Waals surface area contributed by atoms with Gasteiger partial charge in [0.05, 0.1) is 12.8 Å². The van der Waals surface area contributed by atoms with Crippen molar-refractivity contribution in [3.8, 4) is 0 Å². The van der Waals surface area contributed by atoms with Crippen LogP contribution in [0.25, 0.3) is 0 Å². The molecule has 1 aromatic heterocycles. The predicted octanol–water partition coefficient (Wildman–Crippen LogP) is 0.704. The Morgan fingerprint density at radius 1 is 1.67 bits per heavy atom. The number of oxazole rings is 1. The second kappa shape index (κ2) is 4.77. The van der Waals surface area contributed by atoms with E-state index in [0.717, 1.165) is 24.6 Å². The fourth-order valence-corrected chi connectivity index (χ4v) is 2.11. The maximum atomic E-state index is 8.75. The van der Waals surface area contributed by atoms with Crippen LogP contribution in [0.1, 0.15) is 18.1 Å². The Morgan fingerprint density at radius 2 is 2.53 bits per heavy atom. The van der Waals surface area contributed by atoms with Crippen molar-refractivity contribution in [2.45, 2.75) is 19.3 Å². The van der Waals surface area contributed by atoms with Crippen LogP contribution in [0.2, 0.25) is 0 Å². The summed E-state index contributed by atoms with van der Waals surface area (Å²) in [6.45, 7) is 2.44. The number of aliphatic hydroxyl groups is 1. The van der Waals surface area contributed by atoms with Crippen LogP contribution in [0.15, 0.2) is 10.6 Å². The fraction of sp³-hybridized carbons (Fsp3) is 0.727. The largest absolute Gasteiger partial charge is 0.446 e. The minimum Gasteiger partial charge on any atom is -0.446 e. The molecule has 15 heavy (non-hydrogen) atoms. The highest BCUT2D eigenvalue weighted by molar-refractivity contribution is 4.96. The van der Waals surface area contributed by atoms with E-state index in [1.54, 1.807) is 6.20 Å². The van der Waals surface area contributed by atoms with Crippen molar-refractivity contribution in [1.29, 1.82) is 0 Å². The van der Waals surface area contributed by atoms with E-state index < -0.39 is 0 Å². The lowest BCUT2D eigenvalue weighted by atomic mass is 10.1. The Balaban J connectivity index is 1.87. The van der Waals surface area contributed by atoms with E-state index in [2.05, 4.69) is 16.9 Å². The number of likely N-dealkylation sites (tertiary alicyclic amines) is 1. The molecule has 1 aliphatic rings. The molecule has 84 valence electrons. The summed E-state index contributed by atoms with van der Waals surface area (Å²) < 4.78 is 5.53. The molecule has 1 atom stereocenters. The lowest BCUT2D eigenvalue weighted by molar-refractivity contribution is 0.284. The molecule has 0 bridgehead atoms. The SMILES string of the molecule is CN1CCC(Cc2ncc(CCO)o2)C1. The fourth-order valence-electron chi connectivity index (χ4n) is 2.11. The Bertz CT molecular complexity index is 311. The zero-order chi connectivity index (χ0) is 10.7. The summed E-state index contributed by atoms with van der Waals surface area (Å²) in [5.41, 5.74) is 0. The third-order valence-electron chi connectivity index (χ3n) is 2.91. The minimum atomic E-state index is 0.126.